The Bertz CT molecular complexity index is 916. The fourth-order valence-corrected chi connectivity index (χ4v) is 3.31. The van der Waals surface area contributed by atoms with Crippen LogP contribution in [-0.4, -0.2) is 54.1 Å². The van der Waals surface area contributed by atoms with Gasteiger partial charge in [-0.25, -0.2) is 4.98 Å². The fraction of sp³-hybridized carbons (Fsp3) is 0.333. The minimum atomic E-state index is -0.0257. The summed E-state index contributed by atoms with van der Waals surface area (Å²) in [6.45, 7) is 3.02. The molecule has 2 aromatic heterocycles. The van der Waals surface area contributed by atoms with Gasteiger partial charge in [0.25, 0.3) is 0 Å². The molecule has 142 valence electrons. The number of aromatic nitrogens is 2. The predicted molar refractivity (Wildman–Crippen MR) is 108 cm³/mol. The van der Waals surface area contributed by atoms with Crippen LogP contribution in [0.5, 0.6) is 5.75 Å². The average molecular weight is 366 g/mol. The van der Waals surface area contributed by atoms with E-state index in [-0.39, 0.29) is 18.5 Å². The van der Waals surface area contributed by atoms with Gasteiger partial charge in [0.15, 0.2) is 0 Å². The lowest BCUT2D eigenvalue weighted by Crippen LogP contribution is -2.41. The minimum Gasteiger partial charge on any atom is -0.497 e. The summed E-state index contributed by atoms with van der Waals surface area (Å²) in [5.41, 5.74) is 2.78. The fourth-order valence-electron chi connectivity index (χ4n) is 3.31. The van der Waals surface area contributed by atoms with Gasteiger partial charge in [-0.1, -0.05) is 0 Å². The minimum absolute atomic E-state index is 0.0257. The summed E-state index contributed by atoms with van der Waals surface area (Å²) < 4.78 is 7.21. The molecule has 2 heterocycles. The molecular formula is C21H26N4O2. The number of hydrogen-bond donors (Lipinski definition) is 1. The van der Waals surface area contributed by atoms with Gasteiger partial charge in [0.1, 0.15) is 17.9 Å². The Hall–Kier alpha value is -2.86. The van der Waals surface area contributed by atoms with E-state index in [9.17, 15) is 4.79 Å². The summed E-state index contributed by atoms with van der Waals surface area (Å²) in [4.78, 5) is 19.2. The van der Waals surface area contributed by atoms with Gasteiger partial charge in [-0.15, -0.1) is 0 Å². The van der Waals surface area contributed by atoms with Crippen LogP contribution in [-0.2, 0) is 11.3 Å². The highest BCUT2D eigenvalue weighted by molar-refractivity contribution is 5.87. The van der Waals surface area contributed by atoms with E-state index >= 15 is 0 Å². The van der Waals surface area contributed by atoms with E-state index in [1.165, 1.54) is 0 Å². The summed E-state index contributed by atoms with van der Waals surface area (Å²) in [5, 5.41) is 4.07. The van der Waals surface area contributed by atoms with Gasteiger partial charge in [-0.05, 0) is 69.0 Å². The van der Waals surface area contributed by atoms with Crippen LogP contribution < -0.4 is 10.1 Å². The zero-order chi connectivity index (χ0) is 19.4. The Morgan fingerprint density at radius 1 is 1.26 bits per heavy atom. The number of carbonyl (C=O) groups excluding carboxylic acids is 1. The van der Waals surface area contributed by atoms with Crippen LogP contribution in [0, 0.1) is 0 Å². The first-order chi connectivity index (χ1) is 13.0. The predicted octanol–water partition coefficient (Wildman–Crippen LogP) is 2.78. The van der Waals surface area contributed by atoms with Crippen molar-refractivity contribution < 1.29 is 9.53 Å². The molecule has 0 aliphatic carbocycles. The maximum atomic E-state index is 12.6. The van der Waals surface area contributed by atoms with Crippen LogP contribution in [0.3, 0.4) is 0 Å². The van der Waals surface area contributed by atoms with Crippen molar-refractivity contribution in [3.05, 3.63) is 48.7 Å². The molecule has 0 radical (unpaired) electrons. The maximum Gasteiger partial charge on any atom is 0.240 e. The van der Waals surface area contributed by atoms with Crippen LogP contribution in [0.15, 0.2) is 48.7 Å². The highest BCUT2D eigenvalue weighted by Gasteiger charge is 2.16. The van der Waals surface area contributed by atoms with Crippen molar-refractivity contribution in [3.63, 3.8) is 0 Å². The number of hydrogen-bond acceptors (Lipinski definition) is 4. The molecular weight excluding hydrogens is 340 g/mol. The van der Waals surface area contributed by atoms with Crippen LogP contribution in [0.2, 0.25) is 0 Å². The van der Waals surface area contributed by atoms with Gasteiger partial charge < -0.3 is 19.5 Å². The number of benzene rings is 1. The summed E-state index contributed by atoms with van der Waals surface area (Å²) in [6.07, 6.45) is 1.75. The largest absolute Gasteiger partial charge is 0.497 e. The van der Waals surface area contributed by atoms with Crippen molar-refractivity contribution in [2.45, 2.75) is 19.5 Å². The van der Waals surface area contributed by atoms with Crippen LogP contribution in [0.4, 0.5) is 0 Å². The third kappa shape index (κ3) is 4.46. The van der Waals surface area contributed by atoms with Crippen LogP contribution in [0.1, 0.15) is 6.92 Å². The molecule has 1 aromatic carbocycles. The molecule has 0 aliphatic rings. The summed E-state index contributed by atoms with van der Waals surface area (Å²) in [5.74, 6) is 0.775. The number of nitrogens with zero attached hydrogens (tertiary/aromatic N) is 3. The number of methoxy groups -OCH3 is 1. The standard InChI is InChI=1S/C21H26N4O2/c1-15(13-24(2)3)23-20(26)14-25-19(12-17-6-5-11-22-21(17)25)16-7-9-18(27-4)10-8-16/h5-12,15H,13-14H2,1-4H3,(H,23,26)/t15-/m0/s1. The van der Waals surface area contributed by atoms with Crippen molar-refractivity contribution in [3.8, 4) is 17.0 Å². The number of nitrogens with one attached hydrogen (secondary N) is 1. The molecule has 0 unspecified atom stereocenters. The van der Waals surface area contributed by atoms with Crippen molar-refractivity contribution >= 4 is 16.9 Å². The molecule has 0 saturated carbocycles. The number of amides is 1. The second-order valence-corrected chi connectivity index (χ2v) is 6.99. The van der Waals surface area contributed by atoms with E-state index in [0.29, 0.717) is 0 Å². The van der Waals surface area contributed by atoms with Crippen LogP contribution in [0.25, 0.3) is 22.3 Å². The highest BCUT2D eigenvalue weighted by atomic mass is 16.5. The Balaban J connectivity index is 1.91. The van der Waals surface area contributed by atoms with Crippen molar-refractivity contribution in [2.24, 2.45) is 0 Å². The van der Waals surface area contributed by atoms with Crippen molar-refractivity contribution in [1.82, 2.24) is 19.8 Å². The molecule has 27 heavy (non-hydrogen) atoms. The lowest BCUT2D eigenvalue weighted by atomic mass is 10.1. The second kappa shape index (κ2) is 8.22. The molecule has 1 atom stereocenters. The van der Waals surface area contributed by atoms with Crippen molar-refractivity contribution in [2.75, 3.05) is 27.7 Å². The Morgan fingerprint density at radius 2 is 2.00 bits per heavy atom. The van der Waals surface area contributed by atoms with Gasteiger partial charge in [0.05, 0.1) is 12.8 Å². The first-order valence-corrected chi connectivity index (χ1v) is 9.00. The zero-order valence-corrected chi connectivity index (χ0v) is 16.3. The molecule has 0 bridgehead atoms. The first kappa shape index (κ1) is 18.9. The summed E-state index contributed by atoms with van der Waals surface area (Å²) >= 11 is 0. The number of fused-ring (bicyclic) bond motifs is 1. The molecule has 0 aliphatic heterocycles. The topological polar surface area (TPSA) is 59.4 Å². The number of rotatable bonds is 7. The van der Waals surface area contributed by atoms with Crippen molar-refractivity contribution in [1.29, 1.82) is 0 Å². The van der Waals surface area contributed by atoms with E-state index < -0.39 is 0 Å². The van der Waals surface area contributed by atoms with E-state index in [2.05, 4.69) is 21.3 Å². The highest BCUT2D eigenvalue weighted by Crippen LogP contribution is 2.28. The molecule has 1 amide bonds. The van der Waals surface area contributed by atoms with Gasteiger partial charge >= 0.3 is 0 Å². The molecule has 0 spiro atoms. The quantitative estimate of drug-likeness (QED) is 0.699. The van der Waals surface area contributed by atoms with E-state index in [1.54, 1.807) is 13.3 Å². The van der Waals surface area contributed by atoms with Crippen LogP contribution >= 0.6 is 0 Å². The smallest absolute Gasteiger partial charge is 0.240 e. The first-order valence-electron chi connectivity index (χ1n) is 9.00. The van der Waals surface area contributed by atoms with E-state index in [1.807, 2.05) is 62.0 Å². The maximum absolute atomic E-state index is 12.6. The third-order valence-corrected chi connectivity index (χ3v) is 4.39. The average Bonchev–Trinajstić information content (AvgIpc) is 2.99. The monoisotopic (exact) mass is 366 g/mol. The summed E-state index contributed by atoms with van der Waals surface area (Å²) in [6, 6.07) is 13.9. The SMILES string of the molecule is COc1ccc(-c2cc3cccnc3n2CC(=O)N[C@@H](C)CN(C)C)cc1. The number of pyridine rings is 1. The Labute approximate surface area is 159 Å². The van der Waals surface area contributed by atoms with E-state index in [0.717, 1.165) is 34.6 Å². The second-order valence-electron chi connectivity index (χ2n) is 6.99. The molecule has 3 aromatic rings. The number of ether oxygens (including phenoxy) is 1. The Morgan fingerprint density at radius 3 is 2.67 bits per heavy atom. The Kier molecular flexibility index (Phi) is 5.76. The molecule has 0 fully saturated rings. The van der Waals surface area contributed by atoms with E-state index in [4.69, 9.17) is 4.74 Å². The van der Waals surface area contributed by atoms with Gasteiger partial charge in [0.2, 0.25) is 5.91 Å². The molecule has 1 N–H and O–H groups in total. The lowest BCUT2D eigenvalue weighted by Gasteiger charge is -2.19. The number of carbonyl (C=O) groups is 1. The molecule has 3 rings (SSSR count). The zero-order valence-electron chi connectivity index (χ0n) is 16.3. The normalized spacial score (nSPS) is 12.3. The molecule has 0 saturated heterocycles. The molecule has 6 heteroatoms. The summed E-state index contributed by atoms with van der Waals surface area (Å²) in [7, 11) is 5.64. The number of likely N-dealkylation sites (N-methyl/N-ethyl adjacent to an activating group) is 1. The van der Waals surface area contributed by atoms with Gasteiger partial charge in [0, 0.05) is 24.2 Å². The van der Waals surface area contributed by atoms with Gasteiger partial charge in [-0.2, -0.15) is 0 Å². The molecule has 6 nitrogen and oxygen atoms in total. The van der Waals surface area contributed by atoms with Gasteiger partial charge in [-0.3, -0.25) is 4.79 Å². The third-order valence-electron chi connectivity index (χ3n) is 4.39. The lowest BCUT2D eigenvalue weighted by molar-refractivity contribution is -0.122.